The van der Waals surface area contributed by atoms with E-state index in [9.17, 15) is 8.42 Å². The van der Waals surface area contributed by atoms with Gasteiger partial charge in [0.2, 0.25) is 0 Å². The Labute approximate surface area is 159 Å². The molecule has 2 heterocycles. The third-order valence-electron chi connectivity index (χ3n) is 4.92. The normalized spacial score (nSPS) is 19.6. The zero-order valence-corrected chi connectivity index (χ0v) is 15.8. The summed E-state index contributed by atoms with van der Waals surface area (Å²) in [5.41, 5.74) is 2.89. The van der Waals surface area contributed by atoms with Crippen molar-refractivity contribution in [3.8, 4) is 11.3 Å². The van der Waals surface area contributed by atoms with Crippen LogP contribution in [-0.2, 0) is 14.3 Å². The van der Waals surface area contributed by atoms with E-state index in [2.05, 4.69) is 10.1 Å². The molecule has 0 amide bonds. The first-order valence-electron chi connectivity index (χ1n) is 8.93. The summed E-state index contributed by atoms with van der Waals surface area (Å²) in [6.45, 7) is 2.13. The second kappa shape index (κ2) is 7.25. The van der Waals surface area contributed by atoms with Gasteiger partial charge in [-0.25, -0.2) is 0 Å². The van der Waals surface area contributed by atoms with E-state index in [1.807, 2.05) is 42.2 Å². The van der Waals surface area contributed by atoms with Gasteiger partial charge in [-0.2, -0.15) is 13.5 Å². The van der Waals surface area contributed by atoms with Crippen molar-refractivity contribution in [3.05, 3.63) is 66.6 Å². The minimum atomic E-state index is -3.69. The van der Waals surface area contributed by atoms with Crippen LogP contribution in [-0.4, -0.2) is 29.8 Å². The Kier molecular flexibility index (Phi) is 4.80. The molecule has 140 valence electrons. The zero-order valence-electron chi connectivity index (χ0n) is 15.0. The molecule has 1 aromatic carbocycles. The van der Waals surface area contributed by atoms with Gasteiger partial charge in [0.1, 0.15) is 0 Å². The first kappa shape index (κ1) is 17.9. The van der Waals surface area contributed by atoms with Gasteiger partial charge in [0.25, 0.3) is 10.1 Å². The number of benzene rings is 1. The number of pyridine rings is 1. The summed E-state index contributed by atoms with van der Waals surface area (Å²) in [6, 6.07) is 12.8. The molecule has 6 nitrogen and oxygen atoms in total. The maximum Gasteiger partial charge on any atom is 0.296 e. The topological polar surface area (TPSA) is 74.1 Å². The monoisotopic (exact) mass is 383 g/mol. The van der Waals surface area contributed by atoms with Crippen molar-refractivity contribution in [2.24, 2.45) is 5.92 Å². The Bertz CT molecular complexity index is 1010. The fourth-order valence-electron chi connectivity index (χ4n) is 3.21. The van der Waals surface area contributed by atoms with Crippen LogP contribution in [0, 0.1) is 12.8 Å². The van der Waals surface area contributed by atoms with Crippen molar-refractivity contribution in [1.29, 1.82) is 0 Å². The van der Waals surface area contributed by atoms with E-state index < -0.39 is 10.1 Å². The molecule has 3 aromatic rings. The average Bonchev–Trinajstić information content (AvgIpc) is 3.11. The van der Waals surface area contributed by atoms with Crippen LogP contribution in [0.3, 0.4) is 0 Å². The zero-order chi connectivity index (χ0) is 18.9. The molecule has 7 heteroatoms. The summed E-state index contributed by atoms with van der Waals surface area (Å²) >= 11 is 0. The molecule has 27 heavy (non-hydrogen) atoms. The van der Waals surface area contributed by atoms with E-state index in [0.717, 1.165) is 29.7 Å². The first-order valence-corrected chi connectivity index (χ1v) is 10.3. The largest absolute Gasteiger partial charge is 0.296 e. The maximum atomic E-state index is 12.3. The molecule has 0 saturated heterocycles. The highest BCUT2D eigenvalue weighted by atomic mass is 32.2. The summed E-state index contributed by atoms with van der Waals surface area (Å²) < 4.78 is 31.7. The molecule has 0 spiro atoms. The highest BCUT2D eigenvalue weighted by Gasteiger charge is 2.32. The van der Waals surface area contributed by atoms with Crippen LogP contribution in [0.15, 0.2) is 66.0 Å². The molecule has 0 bridgehead atoms. The number of nitrogens with zero attached hydrogens (tertiary/aromatic N) is 3. The molecule has 4 rings (SSSR count). The van der Waals surface area contributed by atoms with E-state index in [0.29, 0.717) is 0 Å². The molecule has 0 N–H and O–H groups in total. The minimum absolute atomic E-state index is 0.205. The number of hydrogen-bond donors (Lipinski definition) is 0. The quantitative estimate of drug-likeness (QED) is 0.608. The standard InChI is InChI=1S/C20H21N3O3S/c1-15-5-7-19(8-6-15)27(24,25)26-14-16-10-18(11-16)23-13-17(12-22-23)20-4-2-3-9-21-20/h2-9,12-13,16,18H,10-11,14H2,1H3/t16-,18-. The van der Waals surface area contributed by atoms with Gasteiger partial charge in [-0.15, -0.1) is 0 Å². The molecule has 2 aromatic heterocycles. The second-order valence-corrected chi connectivity index (χ2v) is 8.58. The fourth-order valence-corrected chi connectivity index (χ4v) is 4.19. The lowest BCUT2D eigenvalue weighted by Crippen LogP contribution is -2.31. The van der Waals surface area contributed by atoms with Crippen molar-refractivity contribution >= 4 is 10.1 Å². The van der Waals surface area contributed by atoms with Crippen molar-refractivity contribution in [3.63, 3.8) is 0 Å². The number of aromatic nitrogens is 3. The summed E-state index contributed by atoms with van der Waals surface area (Å²) in [5, 5.41) is 4.43. The van der Waals surface area contributed by atoms with Gasteiger partial charge < -0.3 is 0 Å². The molecule has 1 aliphatic rings. The molecule has 0 atom stereocenters. The smallest absolute Gasteiger partial charge is 0.269 e. The fraction of sp³-hybridized carbons (Fsp3) is 0.300. The Morgan fingerprint density at radius 3 is 2.63 bits per heavy atom. The number of aryl methyl sites for hydroxylation is 1. The molecule has 0 unspecified atom stereocenters. The third-order valence-corrected chi connectivity index (χ3v) is 6.21. The summed E-state index contributed by atoms with van der Waals surface area (Å²) in [4.78, 5) is 4.54. The van der Waals surface area contributed by atoms with Gasteiger partial charge in [-0.05, 0) is 49.9 Å². The molecule has 0 aliphatic heterocycles. The van der Waals surface area contributed by atoms with Crippen molar-refractivity contribution in [2.75, 3.05) is 6.61 Å². The van der Waals surface area contributed by atoms with Crippen LogP contribution in [0.1, 0.15) is 24.4 Å². The number of rotatable bonds is 6. The van der Waals surface area contributed by atoms with Crippen LogP contribution in [0.2, 0.25) is 0 Å². The Hall–Kier alpha value is -2.51. The van der Waals surface area contributed by atoms with E-state index in [1.165, 1.54) is 0 Å². The van der Waals surface area contributed by atoms with Crippen molar-refractivity contribution in [2.45, 2.75) is 30.7 Å². The van der Waals surface area contributed by atoms with Crippen LogP contribution < -0.4 is 0 Å². The van der Waals surface area contributed by atoms with Gasteiger partial charge >= 0.3 is 0 Å². The lowest BCUT2D eigenvalue weighted by Gasteiger charge is -2.34. The van der Waals surface area contributed by atoms with Gasteiger partial charge in [0.05, 0.1) is 29.4 Å². The predicted octanol–water partition coefficient (Wildman–Crippen LogP) is 3.61. The lowest BCUT2D eigenvalue weighted by atomic mass is 9.81. The summed E-state index contributed by atoms with van der Waals surface area (Å²) in [6.07, 6.45) is 7.28. The van der Waals surface area contributed by atoms with Crippen molar-refractivity contribution in [1.82, 2.24) is 14.8 Å². The average molecular weight is 383 g/mol. The van der Waals surface area contributed by atoms with Gasteiger partial charge in [-0.1, -0.05) is 23.8 Å². The van der Waals surface area contributed by atoms with Gasteiger partial charge in [0, 0.05) is 18.0 Å². The van der Waals surface area contributed by atoms with Crippen molar-refractivity contribution < 1.29 is 12.6 Å². The van der Waals surface area contributed by atoms with Crippen LogP contribution >= 0.6 is 0 Å². The number of hydrogen-bond acceptors (Lipinski definition) is 5. The van der Waals surface area contributed by atoms with Gasteiger partial charge in [0.15, 0.2) is 0 Å². The first-order chi connectivity index (χ1) is 13.0. The lowest BCUT2D eigenvalue weighted by molar-refractivity contribution is 0.121. The van der Waals surface area contributed by atoms with Crippen LogP contribution in [0.25, 0.3) is 11.3 Å². The Morgan fingerprint density at radius 2 is 1.93 bits per heavy atom. The maximum absolute atomic E-state index is 12.3. The summed E-state index contributed by atoms with van der Waals surface area (Å²) in [7, 11) is -3.69. The summed E-state index contributed by atoms with van der Waals surface area (Å²) in [5.74, 6) is 0.220. The molecule has 0 radical (unpaired) electrons. The Morgan fingerprint density at radius 1 is 1.15 bits per heavy atom. The second-order valence-electron chi connectivity index (χ2n) is 6.97. The molecular weight excluding hydrogens is 362 g/mol. The SMILES string of the molecule is Cc1ccc(S(=O)(=O)OC[C@H]2C[C@H](n3cc(-c4ccccn4)cn3)C2)cc1. The molecule has 1 saturated carbocycles. The van der Waals surface area contributed by atoms with Crippen LogP contribution in [0.4, 0.5) is 0 Å². The van der Waals surface area contributed by atoms with E-state index in [1.54, 1.807) is 30.5 Å². The predicted molar refractivity (Wildman–Crippen MR) is 102 cm³/mol. The third kappa shape index (κ3) is 3.94. The highest BCUT2D eigenvalue weighted by molar-refractivity contribution is 7.86. The van der Waals surface area contributed by atoms with Crippen LogP contribution in [0.5, 0.6) is 0 Å². The molecule has 1 aliphatic carbocycles. The molecule has 1 fully saturated rings. The van der Waals surface area contributed by atoms with Gasteiger partial charge in [-0.3, -0.25) is 13.8 Å². The highest BCUT2D eigenvalue weighted by Crippen LogP contribution is 2.38. The van der Waals surface area contributed by atoms with E-state index in [4.69, 9.17) is 4.18 Å². The molecular formula is C20H21N3O3S. The minimum Gasteiger partial charge on any atom is -0.269 e. The van der Waals surface area contributed by atoms with E-state index in [-0.39, 0.29) is 23.5 Å². The Balaban J connectivity index is 1.31. The van der Waals surface area contributed by atoms with E-state index >= 15 is 0 Å².